The van der Waals surface area contributed by atoms with Crippen LogP contribution < -0.4 is 0 Å². The zero-order chi connectivity index (χ0) is 19.0. The maximum atomic E-state index is 11.8. The number of unbranched alkanes of at least 4 members (excludes halogenated alkanes) is 13. The largest absolute Gasteiger partial charge is 0.379 e. The van der Waals surface area contributed by atoms with E-state index in [9.17, 15) is 4.39 Å². The molecule has 0 N–H and O–H groups in total. The summed E-state index contributed by atoms with van der Waals surface area (Å²) in [5, 5.41) is 0. The molecule has 0 aromatic heterocycles. The zero-order valence-corrected chi connectivity index (χ0v) is 17.5. The molecule has 0 amide bonds. The van der Waals surface area contributed by atoms with Crippen molar-refractivity contribution in [3.05, 3.63) is 0 Å². The highest BCUT2D eigenvalue weighted by Gasteiger charge is 1.95. The van der Waals surface area contributed by atoms with Crippen LogP contribution in [0.2, 0.25) is 0 Å². The van der Waals surface area contributed by atoms with Crippen molar-refractivity contribution in [2.45, 2.75) is 96.8 Å². The van der Waals surface area contributed by atoms with Gasteiger partial charge in [-0.1, -0.05) is 90.4 Å². The standard InChI is InChI=1S/C22H45FO3/c1-2-3-4-5-6-7-8-9-10-11-12-13-14-15-17-24-19-21-26-22-20-25-18-16-23/h2-22H2,1H3. The third-order valence-electron chi connectivity index (χ3n) is 4.61. The van der Waals surface area contributed by atoms with Gasteiger partial charge in [-0.15, -0.1) is 0 Å². The maximum Gasteiger partial charge on any atom is 0.113 e. The van der Waals surface area contributed by atoms with E-state index in [1.165, 1.54) is 83.5 Å². The van der Waals surface area contributed by atoms with Gasteiger partial charge >= 0.3 is 0 Å². The molecule has 158 valence electrons. The molecular formula is C22H45FO3. The number of hydrogen-bond donors (Lipinski definition) is 0. The molecular weight excluding hydrogens is 331 g/mol. The second kappa shape index (κ2) is 24.8. The lowest BCUT2D eigenvalue weighted by molar-refractivity contribution is 0.0117. The van der Waals surface area contributed by atoms with Gasteiger partial charge in [0.1, 0.15) is 6.67 Å². The van der Waals surface area contributed by atoms with Crippen molar-refractivity contribution < 1.29 is 18.6 Å². The van der Waals surface area contributed by atoms with Crippen LogP contribution in [0.1, 0.15) is 96.8 Å². The fraction of sp³-hybridized carbons (Fsp3) is 1.00. The summed E-state index contributed by atoms with van der Waals surface area (Å²) in [4.78, 5) is 0. The lowest BCUT2D eigenvalue weighted by atomic mass is 10.0. The Hall–Kier alpha value is -0.190. The molecule has 0 aromatic rings. The number of rotatable bonds is 23. The Kier molecular flexibility index (Phi) is 24.6. The lowest BCUT2D eigenvalue weighted by Crippen LogP contribution is -2.10. The highest BCUT2D eigenvalue weighted by molar-refractivity contribution is 4.49. The van der Waals surface area contributed by atoms with E-state index in [4.69, 9.17) is 14.2 Å². The van der Waals surface area contributed by atoms with Gasteiger partial charge in [0.25, 0.3) is 0 Å². The van der Waals surface area contributed by atoms with Crippen molar-refractivity contribution in [2.75, 3.05) is 46.3 Å². The first-order valence-corrected chi connectivity index (χ1v) is 11.2. The van der Waals surface area contributed by atoms with E-state index >= 15 is 0 Å². The molecule has 3 nitrogen and oxygen atoms in total. The molecule has 0 fully saturated rings. The van der Waals surface area contributed by atoms with Crippen molar-refractivity contribution in [2.24, 2.45) is 0 Å². The Morgan fingerprint density at radius 2 is 0.769 bits per heavy atom. The zero-order valence-electron chi connectivity index (χ0n) is 17.5. The van der Waals surface area contributed by atoms with Gasteiger partial charge in [-0.25, -0.2) is 4.39 Å². The van der Waals surface area contributed by atoms with Gasteiger partial charge in [0.15, 0.2) is 0 Å². The van der Waals surface area contributed by atoms with Crippen LogP contribution in [0.3, 0.4) is 0 Å². The molecule has 0 aromatic carbocycles. The number of hydrogen-bond acceptors (Lipinski definition) is 3. The summed E-state index contributed by atoms with van der Waals surface area (Å²) in [6.45, 7) is 5.06. The highest BCUT2D eigenvalue weighted by atomic mass is 19.1. The second-order valence-corrected chi connectivity index (χ2v) is 7.12. The average molecular weight is 377 g/mol. The Morgan fingerprint density at radius 3 is 1.19 bits per heavy atom. The summed E-state index contributed by atoms with van der Waals surface area (Å²) in [5.74, 6) is 0. The molecule has 4 heteroatoms. The highest BCUT2D eigenvalue weighted by Crippen LogP contribution is 2.12. The molecule has 0 aliphatic rings. The minimum Gasteiger partial charge on any atom is -0.379 e. The van der Waals surface area contributed by atoms with Crippen LogP contribution in [0.25, 0.3) is 0 Å². The third kappa shape index (κ3) is 23.8. The van der Waals surface area contributed by atoms with E-state index in [-0.39, 0.29) is 6.61 Å². The monoisotopic (exact) mass is 376 g/mol. The van der Waals surface area contributed by atoms with Crippen molar-refractivity contribution in [1.82, 2.24) is 0 Å². The van der Waals surface area contributed by atoms with Crippen LogP contribution in [0.15, 0.2) is 0 Å². The second-order valence-electron chi connectivity index (χ2n) is 7.12. The van der Waals surface area contributed by atoms with Crippen molar-refractivity contribution in [1.29, 1.82) is 0 Å². The Bertz CT molecular complexity index is 215. The fourth-order valence-electron chi connectivity index (χ4n) is 3.00. The summed E-state index contributed by atoms with van der Waals surface area (Å²) < 4.78 is 27.6. The van der Waals surface area contributed by atoms with Crippen LogP contribution in [-0.4, -0.2) is 46.3 Å². The minimum absolute atomic E-state index is 0.166. The summed E-state index contributed by atoms with van der Waals surface area (Å²) in [6, 6.07) is 0. The van der Waals surface area contributed by atoms with Crippen molar-refractivity contribution in [3.8, 4) is 0 Å². The molecule has 0 saturated carbocycles. The first-order chi connectivity index (χ1) is 12.9. The molecule has 0 bridgehead atoms. The van der Waals surface area contributed by atoms with Crippen LogP contribution in [0, 0.1) is 0 Å². The normalized spacial score (nSPS) is 11.3. The van der Waals surface area contributed by atoms with E-state index in [1.807, 2.05) is 0 Å². The molecule has 0 aliphatic carbocycles. The smallest absolute Gasteiger partial charge is 0.113 e. The summed E-state index contributed by atoms with van der Waals surface area (Å²) >= 11 is 0. The lowest BCUT2D eigenvalue weighted by Gasteiger charge is -2.06. The predicted molar refractivity (Wildman–Crippen MR) is 109 cm³/mol. The van der Waals surface area contributed by atoms with Crippen LogP contribution in [-0.2, 0) is 14.2 Å². The van der Waals surface area contributed by atoms with Crippen molar-refractivity contribution in [3.63, 3.8) is 0 Å². The predicted octanol–water partition coefficient (Wildman–Crippen LogP) is 6.49. The summed E-state index contributed by atoms with van der Waals surface area (Å²) in [5.41, 5.74) is 0. The van der Waals surface area contributed by atoms with Crippen LogP contribution in [0.4, 0.5) is 4.39 Å². The van der Waals surface area contributed by atoms with Gasteiger partial charge in [0.05, 0.1) is 33.0 Å². The fourth-order valence-corrected chi connectivity index (χ4v) is 3.00. The Balaban J connectivity index is 2.95. The van der Waals surface area contributed by atoms with Gasteiger partial charge in [-0.2, -0.15) is 0 Å². The van der Waals surface area contributed by atoms with Gasteiger partial charge in [0, 0.05) is 6.61 Å². The minimum atomic E-state index is -0.428. The number of alkyl halides is 1. The maximum absolute atomic E-state index is 11.8. The van der Waals surface area contributed by atoms with E-state index in [0.717, 1.165) is 13.0 Å². The van der Waals surface area contributed by atoms with Crippen LogP contribution in [0.5, 0.6) is 0 Å². The molecule has 26 heavy (non-hydrogen) atoms. The Morgan fingerprint density at radius 1 is 0.423 bits per heavy atom. The average Bonchev–Trinajstić information content (AvgIpc) is 2.66. The quantitative estimate of drug-likeness (QED) is 0.191. The van der Waals surface area contributed by atoms with Crippen molar-refractivity contribution >= 4 is 0 Å². The third-order valence-corrected chi connectivity index (χ3v) is 4.61. The van der Waals surface area contributed by atoms with E-state index in [2.05, 4.69) is 6.92 Å². The molecule has 0 aliphatic heterocycles. The molecule has 0 spiro atoms. The Labute approximate surface area is 162 Å². The van der Waals surface area contributed by atoms with Gasteiger partial charge in [-0.3, -0.25) is 0 Å². The van der Waals surface area contributed by atoms with Gasteiger partial charge in [-0.05, 0) is 6.42 Å². The number of ether oxygens (including phenoxy) is 3. The molecule has 0 radical (unpaired) electrons. The molecule has 0 rings (SSSR count). The SMILES string of the molecule is CCCCCCCCCCCCCCCCOCCOCCOCCF. The molecule has 0 unspecified atom stereocenters. The summed E-state index contributed by atoms with van der Waals surface area (Å²) in [6.07, 6.45) is 19.3. The van der Waals surface area contributed by atoms with E-state index < -0.39 is 6.67 Å². The first-order valence-electron chi connectivity index (χ1n) is 11.2. The van der Waals surface area contributed by atoms with E-state index in [0.29, 0.717) is 26.4 Å². The molecule has 0 saturated heterocycles. The first kappa shape index (κ1) is 25.8. The topological polar surface area (TPSA) is 27.7 Å². The molecule has 0 heterocycles. The van der Waals surface area contributed by atoms with E-state index in [1.54, 1.807) is 0 Å². The number of halogens is 1. The van der Waals surface area contributed by atoms with Crippen LogP contribution >= 0.6 is 0 Å². The van der Waals surface area contributed by atoms with Gasteiger partial charge < -0.3 is 14.2 Å². The molecule has 0 atom stereocenters. The summed E-state index contributed by atoms with van der Waals surface area (Å²) in [7, 11) is 0. The van der Waals surface area contributed by atoms with Gasteiger partial charge in [0.2, 0.25) is 0 Å².